The van der Waals surface area contributed by atoms with E-state index in [9.17, 15) is 9.18 Å². The molecule has 0 aliphatic heterocycles. The molecular formula is C33H39FN2O2. The second-order valence-corrected chi connectivity index (χ2v) is 10.3. The van der Waals surface area contributed by atoms with Crippen LogP contribution in [0.5, 0.6) is 5.75 Å². The molecule has 1 amide bonds. The fraction of sp³-hybridized carbons (Fsp3) is 0.364. The third kappa shape index (κ3) is 6.45. The van der Waals surface area contributed by atoms with Gasteiger partial charge in [-0.1, -0.05) is 82.5 Å². The monoisotopic (exact) mass is 514 g/mol. The van der Waals surface area contributed by atoms with Crippen molar-refractivity contribution >= 4 is 16.8 Å². The van der Waals surface area contributed by atoms with Gasteiger partial charge in [0.05, 0.1) is 17.7 Å². The van der Waals surface area contributed by atoms with E-state index in [4.69, 9.17) is 4.74 Å². The van der Waals surface area contributed by atoms with E-state index < -0.39 is 0 Å². The molecule has 0 bridgehead atoms. The largest absolute Gasteiger partial charge is 0.494 e. The second kappa shape index (κ2) is 12.8. The molecule has 0 fully saturated rings. The first-order valence-corrected chi connectivity index (χ1v) is 13.7. The summed E-state index contributed by atoms with van der Waals surface area (Å²) in [7, 11) is 0. The van der Waals surface area contributed by atoms with Gasteiger partial charge in [-0.2, -0.15) is 0 Å². The van der Waals surface area contributed by atoms with Gasteiger partial charge < -0.3 is 14.6 Å². The third-order valence-corrected chi connectivity index (χ3v) is 6.99. The Bertz CT molecular complexity index is 1380. The first-order valence-electron chi connectivity index (χ1n) is 13.7. The molecule has 1 heterocycles. The van der Waals surface area contributed by atoms with Crippen molar-refractivity contribution in [3.63, 3.8) is 0 Å². The van der Waals surface area contributed by atoms with E-state index in [0.717, 1.165) is 40.8 Å². The van der Waals surface area contributed by atoms with Crippen LogP contribution in [0.15, 0.2) is 66.7 Å². The average molecular weight is 515 g/mol. The van der Waals surface area contributed by atoms with E-state index in [1.807, 2.05) is 36.4 Å². The summed E-state index contributed by atoms with van der Waals surface area (Å²) in [5.41, 5.74) is 5.13. The van der Waals surface area contributed by atoms with Gasteiger partial charge >= 0.3 is 0 Å². The van der Waals surface area contributed by atoms with Gasteiger partial charge in [0.25, 0.3) is 5.91 Å². The van der Waals surface area contributed by atoms with Crippen molar-refractivity contribution in [3.05, 3.63) is 100 Å². The number of unbranched alkanes of at least 4 members (excludes halogenated alkanes) is 3. The molecule has 0 atom stereocenters. The minimum Gasteiger partial charge on any atom is -0.494 e. The number of ether oxygens (including phenoxy) is 1. The summed E-state index contributed by atoms with van der Waals surface area (Å²) in [4.78, 5) is 13.7. The van der Waals surface area contributed by atoms with Crippen LogP contribution in [0.1, 0.15) is 85.1 Å². The molecular weight excluding hydrogens is 475 g/mol. The number of amides is 1. The molecule has 0 radical (unpaired) electrons. The lowest BCUT2D eigenvalue weighted by Crippen LogP contribution is -2.24. The molecule has 0 aliphatic rings. The number of carbonyl (C=O) groups is 1. The molecule has 4 aromatic rings. The van der Waals surface area contributed by atoms with Gasteiger partial charge in [-0.25, -0.2) is 4.39 Å². The summed E-state index contributed by atoms with van der Waals surface area (Å²) in [6.07, 6.45) is 4.60. The van der Waals surface area contributed by atoms with Crippen LogP contribution in [-0.4, -0.2) is 17.1 Å². The Balaban J connectivity index is 1.70. The minimum atomic E-state index is -0.263. The van der Waals surface area contributed by atoms with Gasteiger partial charge in [0, 0.05) is 30.2 Å². The Hall–Kier alpha value is -3.60. The van der Waals surface area contributed by atoms with E-state index in [1.54, 1.807) is 13.0 Å². The normalized spacial score (nSPS) is 11.3. The third-order valence-electron chi connectivity index (χ3n) is 6.99. The number of aromatic nitrogens is 1. The number of aryl methyl sites for hydroxylation is 1. The van der Waals surface area contributed by atoms with Gasteiger partial charge in [-0.05, 0) is 54.2 Å². The Morgan fingerprint density at radius 2 is 1.76 bits per heavy atom. The lowest BCUT2D eigenvalue weighted by Gasteiger charge is -2.16. The molecule has 0 aliphatic carbocycles. The van der Waals surface area contributed by atoms with E-state index in [2.05, 4.69) is 48.9 Å². The van der Waals surface area contributed by atoms with Gasteiger partial charge in [-0.3, -0.25) is 4.79 Å². The van der Waals surface area contributed by atoms with Crippen LogP contribution in [0.3, 0.4) is 0 Å². The van der Waals surface area contributed by atoms with E-state index >= 15 is 0 Å². The average Bonchev–Trinajstić information content (AvgIpc) is 3.23. The predicted molar refractivity (Wildman–Crippen MR) is 154 cm³/mol. The van der Waals surface area contributed by atoms with E-state index in [0.29, 0.717) is 24.3 Å². The van der Waals surface area contributed by atoms with Crippen LogP contribution in [0.2, 0.25) is 0 Å². The lowest BCUT2D eigenvalue weighted by atomic mass is 10.0. The maximum atomic E-state index is 14.1. The maximum Gasteiger partial charge on any atom is 0.254 e. The van der Waals surface area contributed by atoms with Crippen molar-refractivity contribution in [1.29, 1.82) is 0 Å². The summed E-state index contributed by atoms with van der Waals surface area (Å²) in [6, 6.07) is 21.4. The fourth-order valence-corrected chi connectivity index (χ4v) is 4.95. The van der Waals surface area contributed by atoms with Crippen molar-refractivity contribution in [3.8, 4) is 5.75 Å². The molecule has 1 N–H and O–H groups in total. The second-order valence-electron chi connectivity index (χ2n) is 10.3. The smallest absolute Gasteiger partial charge is 0.254 e. The SMILES string of the molecule is CCCCCCOc1ccc2c(C(=O)NCc3ccc(C)c(F)c3)c(C(C)C)n(Cc3ccccc3)c2c1. The maximum absolute atomic E-state index is 14.1. The standard InChI is InChI=1S/C33H39FN2O2/c1-5-6-7-11-18-38-27-16-17-28-30(20-27)36(22-25-12-9-8-10-13-25)32(23(2)3)31(28)33(37)35-21-26-15-14-24(4)29(34)19-26/h8-10,12-17,19-20,23H,5-7,11,18,21-22H2,1-4H3,(H,35,37). The van der Waals surface area contributed by atoms with Crippen LogP contribution >= 0.6 is 0 Å². The number of halogens is 1. The summed E-state index contributed by atoms with van der Waals surface area (Å²) in [6.45, 7) is 9.77. The number of nitrogens with zero attached hydrogens (tertiary/aromatic N) is 1. The lowest BCUT2D eigenvalue weighted by molar-refractivity contribution is 0.0951. The molecule has 3 aromatic carbocycles. The molecule has 200 valence electrons. The summed E-state index contributed by atoms with van der Waals surface area (Å²) < 4.78 is 22.4. The van der Waals surface area contributed by atoms with Gasteiger partial charge in [0.1, 0.15) is 11.6 Å². The van der Waals surface area contributed by atoms with Crippen molar-refractivity contribution < 1.29 is 13.9 Å². The first kappa shape index (κ1) is 27.4. The molecule has 4 rings (SSSR count). The number of nitrogens with one attached hydrogen (secondary N) is 1. The van der Waals surface area contributed by atoms with Crippen LogP contribution in [0, 0.1) is 12.7 Å². The summed E-state index contributed by atoms with van der Waals surface area (Å²) in [5.74, 6) is 0.515. The Kier molecular flexibility index (Phi) is 9.22. The van der Waals surface area contributed by atoms with Gasteiger partial charge in [0.2, 0.25) is 0 Å². The van der Waals surface area contributed by atoms with Crippen LogP contribution in [0.25, 0.3) is 10.9 Å². The molecule has 0 spiro atoms. The number of benzene rings is 3. The summed E-state index contributed by atoms with van der Waals surface area (Å²) >= 11 is 0. The number of carbonyl (C=O) groups excluding carboxylic acids is 1. The van der Waals surface area contributed by atoms with E-state index in [1.165, 1.54) is 24.5 Å². The van der Waals surface area contributed by atoms with Gasteiger partial charge in [-0.15, -0.1) is 0 Å². The zero-order valence-corrected chi connectivity index (χ0v) is 23.0. The number of fused-ring (bicyclic) bond motifs is 1. The number of rotatable bonds is 12. The van der Waals surface area contributed by atoms with Crippen LogP contribution in [-0.2, 0) is 13.1 Å². The zero-order chi connectivity index (χ0) is 27.1. The zero-order valence-electron chi connectivity index (χ0n) is 23.0. The highest BCUT2D eigenvalue weighted by Crippen LogP contribution is 2.34. The molecule has 0 saturated heterocycles. The highest BCUT2D eigenvalue weighted by atomic mass is 19.1. The molecule has 5 heteroatoms. The molecule has 0 unspecified atom stereocenters. The van der Waals surface area contributed by atoms with E-state index in [-0.39, 0.29) is 24.2 Å². The van der Waals surface area contributed by atoms with Crippen molar-refractivity contribution in [1.82, 2.24) is 9.88 Å². The Morgan fingerprint density at radius 1 is 0.974 bits per heavy atom. The Labute approximate surface area is 225 Å². The quantitative estimate of drug-likeness (QED) is 0.194. The highest BCUT2D eigenvalue weighted by molar-refractivity contribution is 6.09. The Morgan fingerprint density at radius 3 is 2.47 bits per heavy atom. The van der Waals surface area contributed by atoms with Crippen molar-refractivity contribution in [2.24, 2.45) is 0 Å². The number of hydrogen-bond donors (Lipinski definition) is 1. The molecule has 0 saturated carbocycles. The van der Waals surface area contributed by atoms with Crippen LogP contribution < -0.4 is 10.1 Å². The van der Waals surface area contributed by atoms with Crippen molar-refractivity contribution in [2.45, 2.75) is 72.4 Å². The highest BCUT2D eigenvalue weighted by Gasteiger charge is 2.25. The van der Waals surface area contributed by atoms with Crippen LogP contribution in [0.4, 0.5) is 4.39 Å². The molecule has 1 aromatic heterocycles. The fourth-order valence-electron chi connectivity index (χ4n) is 4.95. The molecule has 38 heavy (non-hydrogen) atoms. The topological polar surface area (TPSA) is 43.3 Å². The predicted octanol–water partition coefficient (Wildman–Crippen LogP) is 8.15. The molecule has 4 nitrogen and oxygen atoms in total. The summed E-state index contributed by atoms with van der Waals surface area (Å²) in [5, 5.41) is 3.94. The van der Waals surface area contributed by atoms with Gasteiger partial charge in [0.15, 0.2) is 0 Å². The first-order chi connectivity index (χ1) is 18.4. The number of hydrogen-bond acceptors (Lipinski definition) is 2. The van der Waals surface area contributed by atoms with Crippen molar-refractivity contribution in [2.75, 3.05) is 6.61 Å². The minimum absolute atomic E-state index is 0.113.